The van der Waals surface area contributed by atoms with Crippen LogP contribution in [0.2, 0.25) is 0 Å². The molecule has 0 heterocycles. The van der Waals surface area contributed by atoms with Crippen molar-refractivity contribution >= 4 is 22.6 Å². The smallest absolute Gasteiger partial charge is 0.0294 e. The minimum Gasteiger partial charge on any atom is -0.308 e. The summed E-state index contributed by atoms with van der Waals surface area (Å²) >= 11 is 2.34. The molecule has 0 bridgehead atoms. The van der Waals surface area contributed by atoms with Crippen LogP contribution in [0.15, 0.2) is 24.3 Å². The van der Waals surface area contributed by atoms with E-state index in [0.717, 1.165) is 0 Å². The number of nitrogens with one attached hydrogen (secondary N) is 1. The zero-order chi connectivity index (χ0) is 12.0. The van der Waals surface area contributed by atoms with E-state index in [1.165, 1.54) is 28.4 Å². The van der Waals surface area contributed by atoms with Gasteiger partial charge in [0.2, 0.25) is 0 Å². The Morgan fingerprint density at radius 1 is 1.19 bits per heavy atom. The molecular formula is C14H22IN. The van der Waals surface area contributed by atoms with Crippen molar-refractivity contribution in [2.45, 2.75) is 52.1 Å². The zero-order valence-corrected chi connectivity index (χ0v) is 12.6. The van der Waals surface area contributed by atoms with E-state index >= 15 is 0 Å². The van der Waals surface area contributed by atoms with Crippen LogP contribution in [-0.4, -0.2) is 6.04 Å². The molecule has 0 aromatic heterocycles. The fourth-order valence-corrected chi connectivity index (χ4v) is 2.23. The van der Waals surface area contributed by atoms with Crippen molar-refractivity contribution in [3.05, 3.63) is 33.4 Å². The first-order chi connectivity index (χ1) is 7.63. The second-order valence-electron chi connectivity index (χ2n) is 4.48. The summed E-state index contributed by atoms with van der Waals surface area (Å²) in [5.41, 5.74) is 1.38. The maximum absolute atomic E-state index is 3.65. The number of hydrogen-bond donors (Lipinski definition) is 1. The fraction of sp³-hybridized carbons (Fsp3) is 0.571. The molecule has 1 N–H and O–H groups in total. The van der Waals surface area contributed by atoms with Gasteiger partial charge in [-0.1, -0.05) is 31.9 Å². The third kappa shape index (κ3) is 4.83. The van der Waals surface area contributed by atoms with Gasteiger partial charge in [0.1, 0.15) is 0 Å². The van der Waals surface area contributed by atoms with Crippen LogP contribution in [0.25, 0.3) is 0 Å². The summed E-state index contributed by atoms with van der Waals surface area (Å²) in [5, 5.41) is 3.65. The van der Waals surface area contributed by atoms with Gasteiger partial charge in [-0.25, -0.2) is 0 Å². The lowest BCUT2D eigenvalue weighted by atomic mass is 10.1. The highest BCUT2D eigenvalue weighted by atomic mass is 127. The summed E-state index contributed by atoms with van der Waals surface area (Å²) in [5.74, 6) is 0. The molecule has 2 atom stereocenters. The van der Waals surface area contributed by atoms with Crippen LogP contribution in [0.5, 0.6) is 0 Å². The molecule has 0 spiro atoms. The highest BCUT2D eigenvalue weighted by molar-refractivity contribution is 14.1. The highest BCUT2D eigenvalue weighted by Gasteiger charge is 2.08. The monoisotopic (exact) mass is 331 g/mol. The van der Waals surface area contributed by atoms with Crippen LogP contribution in [0, 0.1) is 3.57 Å². The lowest BCUT2D eigenvalue weighted by molar-refractivity contribution is 0.444. The molecule has 1 rings (SSSR count). The number of unbranched alkanes of at least 4 members (excludes halogenated alkanes) is 1. The summed E-state index contributed by atoms with van der Waals surface area (Å²) in [7, 11) is 0. The summed E-state index contributed by atoms with van der Waals surface area (Å²) < 4.78 is 1.30. The normalized spacial score (nSPS) is 14.8. The number of hydrogen-bond acceptors (Lipinski definition) is 1. The van der Waals surface area contributed by atoms with E-state index in [9.17, 15) is 0 Å². The van der Waals surface area contributed by atoms with E-state index in [1.807, 2.05) is 0 Å². The van der Waals surface area contributed by atoms with Crippen LogP contribution >= 0.6 is 22.6 Å². The summed E-state index contributed by atoms with van der Waals surface area (Å²) in [4.78, 5) is 0. The predicted molar refractivity (Wildman–Crippen MR) is 79.7 cm³/mol. The summed E-state index contributed by atoms with van der Waals surface area (Å²) in [6.45, 7) is 6.76. The predicted octanol–water partition coefficient (Wildman–Crippen LogP) is 4.52. The molecule has 0 aliphatic heterocycles. The van der Waals surface area contributed by atoms with Crippen molar-refractivity contribution in [2.75, 3.05) is 0 Å². The molecule has 0 saturated heterocycles. The third-order valence-electron chi connectivity index (χ3n) is 2.90. The van der Waals surface area contributed by atoms with Crippen LogP contribution in [0.4, 0.5) is 0 Å². The van der Waals surface area contributed by atoms with E-state index < -0.39 is 0 Å². The van der Waals surface area contributed by atoms with Gasteiger partial charge in [-0.05, 0) is 60.6 Å². The van der Waals surface area contributed by atoms with E-state index in [0.29, 0.717) is 12.1 Å². The molecule has 0 fully saturated rings. The van der Waals surface area contributed by atoms with Gasteiger partial charge in [0, 0.05) is 15.7 Å². The molecule has 1 aromatic carbocycles. The molecule has 1 aromatic rings. The topological polar surface area (TPSA) is 12.0 Å². The molecule has 0 aliphatic carbocycles. The fourth-order valence-electron chi connectivity index (χ4n) is 1.87. The quantitative estimate of drug-likeness (QED) is 0.756. The first kappa shape index (κ1) is 14.0. The maximum atomic E-state index is 3.65. The average molecular weight is 331 g/mol. The highest BCUT2D eigenvalue weighted by Crippen LogP contribution is 2.16. The van der Waals surface area contributed by atoms with E-state index in [-0.39, 0.29) is 0 Å². The van der Waals surface area contributed by atoms with Crippen LogP contribution in [0.3, 0.4) is 0 Å². The molecule has 0 radical (unpaired) electrons. The molecule has 16 heavy (non-hydrogen) atoms. The van der Waals surface area contributed by atoms with Crippen molar-refractivity contribution in [1.82, 2.24) is 5.32 Å². The second kappa shape index (κ2) is 7.28. The van der Waals surface area contributed by atoms with Gasteiger partial charge in [-0.15, -0.1) is 0 Å². The third-order valence-corrected chi connectivity index (χ3v) is 3.61. The summed E-state index contributed by atoms with van der Waals surface area (Å²) in [6.07, 6.45) is 3.86. The van der Waals surface area contributed by atoms with E-state index in [2.05, 4.69) is 72.9 Å². The minimum atomic E-state index is 0.448. The van der Waals surface area contributed by atoms with Crippen molar-refractivity contribution < 1.29 is 0 Å². The molecular weight excluding hydrogens is 309 g/mol. The lowest BCUT2D eigenvalue weighted by Crippen LogP contribution is -2.28. The SMILES string of the molecule is CCCCC(C)NC(C)c1ccc(I)cc1. The first-order valence-corrected chi connectivity index (χ1v) is 7.23. The second-order valence-corrected chi connectivity index (χ2v) is 5.73. The Balaban J connectivity index is 2.45. The Bertz CT molecular complexity index is 294. The number of benzene rings is 1. The molecule has 0 saturated carbocycles. The van der Waals surface area contributed by atoms with Gasteiger partial charge in [0.25, 0.3) is 0 Å². The van der Waals surface area contributed by atoms with E-state index in [1.54, 1.807) is 0 Å². The Morgan fingerprint density at radius 3 is 2.38 bits per heavy atom. The molecule has 1 nitrogen and oxygen atoms in total. The van der Waals surface area contributed by atoms with Gasteiger partial charge in [0.05, 0.1) is 0 Å². The molecule has 0 amide bonds. The number of halogens is 1. The molecule has 90 valence electrons. The Morgan fingerprint density at radius 2 is 1.81 bits per heavy atom. The van der Waals surface area contributed by atoms with Crippen LogP contribution < -0.4 is 5.32 Å². The van der Waals surface area contributed by atoms with Crippen molar-refractivity contribution in [3.8, 4) is 0 Å². The summed E-state index contributed by atoms with van der Waals surface area (Å²) in [6, 6.07) is 9.83. The lowest BCUT2D eigenvalue weighted by Gasteiger charge is -2.20. The van der Waals surface area contributed by atoms with Gasteiger partial charge in [0.15, 0.2) is 0 Å². The maximum Gasteiger partial charge on any atom is 0.0294 e. The van der Waals surface area contributed by atoms with Crippen molar-refractivity contribution in [1.29, 1.82) is 0 Å². The molecule has 2 heteroatoms. The standard InChI is InChI=1S/C14H22IN/c1-4-5-6-11(2)16-12(3)13-7-9-14(15)10-8-13/h7-12,16H,4-6H2,1-3H3. The first-order valence-electron chi connectivity index (χ1n) is 6.15. The molecule has 0 aliphatic rings. The van der Waals surface area contributed by atoms with Gasteiger partial charge < -0.3 is 5.32 Å². The van der Waals surface area contributed by atoms with Gasteiger partial charge >= 0.3 is 0 Å². The van der Waals surface area contributed by atoms with Gasteiger partial charge in [-0.2, -0.15) is 0 Å². The van der Waals surface area contributed by atoms with Crippen molar-refractivity contribution in [2.24, 2.45) is 0 Å². The minimum absolute atomic E-state index is 0.448. The molecule has 2 unspecified atom stereocenters. The van der Waals surface area contributed by atoms with Crippen LogP contribution in [0.1, 0.15) is 51.6 Å². The average Bonchev–Trinajstić information content (AvgIpc) is 2.27. The van der Waals surface area contributed by atoms with Crippen LogP contribution in [-0.2, 0) is 0 Å². The Hall–Kier alpha value is -0.0900. The van der Waals surface area contributed by atoms with Gasteiger partial charge in [-0.3, -0.25) is 0 Å². The van der Waals surface area contributed by atoms with Crippen molar-refractivity contribution in [3.63, 3.8) is 0 Å². The van der Waals surface area contributed by atoms with E-state index in [4.69, 9.17) is 0 Å². The zero-order valence-electron chi connectivity index (χ0n) is 10.5. The number of rotatable bonds is 6. The largest absolute Gasteiger partial charge is 0.308 e. The Kier molecular flexibility index (Phi) is 6.36. The Labute approximate surface area is 113 Å².